The lowest BCUT2D eigenvalue weighted by Crippen LogP contribution is -2.29. The Labute approximate surface area is 168 Å². The molecule has 4 nitrogen and oxygen atoms in total. The Balaban J connectivity index is 0.000000237. The van der Waals surface area contributed by atoms with Crippen LogP contribution in [0, 0.1) is 12.7 Å². The minimum atomic E-state index is -0.160. The number of aryl methyl sites for hydroxylation is 1. The lowest BCUT2D eigenvalue weighted by atomic mass is 10.0. The van der Waals surface area contributed by atoms with Crippen LogP contribution < -0.4 is 10.6 Å². The van der Waals surface area contributed by atoms with Crippen LogP contribution in [-0.4, -0.2) is 38.4 Å². The first kappa shape index (κ1) is 22.1. The van der Waals surface area contributed by atoms with E-state index >= 15 is 0 Å². The third-order valence-corrected chi connectivity index (χ3v) is 5.04. The van der Waals surface area contributed by atoms with Gasteiger partial charge in [0.15, 0.2) is 0 Å². The van der Waals surface area contributed by atoms with Gasteiger partial charge in [0.1, 0.15) is 12.1 Å². The van der Waals surface area contributed by atoms with E-state index in [9.17, 15) is 9.18 Å². The fourth-order valence-electron chi connectivity index (χ4n) is 3.34. The van der Waals surface area contributed by atoms with Crippen molar-refractivity contribution in [1.82, 2.24) is 10.2 Å². The topological polar surface area (TPSA) is 44.4 Å². The number of aldehydes is 1. The zero-order valence-corrected chi connectivity index (χ0v) is 17.2. The Hall–Kier alpha value is -2.24. The van der Waals surface area contributed by atoms with E-state index in [1.165, 1.54) is 49.5 Å². The Bertz CT molecular complexity index is 758. The average Bonchev–Trinajstić information content (AvgIpc) is 2.73. The second-order valence-corrected chi connectivity index (χ2v) is 7.23. The van der Waals surface area contributed by atoms with E-state index < -0.39 is 0 Å². The van der Waals surface area contributed by atoms with Crippen molar-refractivity contribution in [1.29, 1.82) is 0 Å². The molecule has 0 saturated carbocycles. The number of hydrogen-bond donors (Lipinski definition) is 2. The number of anilines is 1. The second-order valence-electron chi connectivity index (χ2n) is 7.23. The van der Waals surface area contributed by atoms with Crippen LogP contribution in [0.4, 0.5) is 10.1 Å². The van der Waals surface area contributed by atoms with Gasteiger partial charge in [-0.3, -0.25) is 9.69 Å². The molecule has 0 radical (unpaired) electrons. The average molecular weight is 386 g/mol. The molecular weight excluding hydrogens is 353 g/mol. The minimum Gasteiger partial charge on any atom is -0.388 e. The van der Waals surface area contributed by atoms with E-state index in [2.05, 4.69) is 21.6 Å². The fourth-order valence-corrected chi connectivity index (χ4v) is 3.34. The number of halogens is 1. The van der Waals surface area contributed by atoms with Crippen LogP contribution in [-0.2, 0) is 13.1 Å². The number of likely N-dealkylation sites (tertiary alicyclic amines) is 1. The highest BCUT2D eigenvalue weighted by Crippen LogP contribution is 2.17. The summed E-state index contributed by atoms with van der Waals surface area (Å²) in [5.74, 6) is -0.160. The number of rotatable bonds is 6. The minimum absolute atomic E-state index is 0.160. The number of hydrogen-bond acceptors (Lipinski definition) is 4. The third kappa shape index (κ3) is 6.73. The van der Waals surface area contributed by atoms with Crippen molar-refractivity contribution in [2.24, 2.45) is 0 Å². The third-order valence-electron chi connectivity index (χ3n) is 5.04. The first-order chi connectivity index (χ1) is 13.6. The van der Waals surface area contributed by atoms with Crippen molar-refractivity contribution in [3.63, 3.8) is 0 Å². The van der Waals surface area contributed by atoms with Crippen LogP contribution >= 0.6 is 0 Å². The van der Waals surface area contributed by atoms with Crippen molar-refractivity contribution in [2.75, 3.05) is 32.5 Å². The molecule has 28 heavy (non-hydrogen) atoms. The maximum absolute atomic E-state index is 12.7. The molecule has 0 aromatic heterocycles. The molecule has 0 amide bonds. The molecular formula is C23H32FN3O. The van der Waals surface area contributed by atoms with Crippen molar-refractivity contribution in [2.45, 2.75) is 39.3 Å². The molecule has 1 fully saturated rings. The van der Waals surface area contributed by atoms with Gasteiger partial charge < -0.3 is 10.6 Å². The maximum Gasteiger partial charge on any atom is 0.150 e. The normalized spacial score (nSPS) is 14.1. The summed E-state index contributed by atoms with van der Waals surface area (Å²) in [4.78, 5) is 13.4. The SMILES string of the molecule is CNCc1ccc(C=O)cc1CN1CCCCC1.CNc1ccc(C)c(F)c1. The highest BCUT2D eigenvalue weighted by atomic mass is 19.1. The smallest absolute Gasteiger partial charge is 0.150 e. The van der Waals surface area contributed by atoms with Gasteiger partial charge in [-0.25, -0.2) is 4.39 Å². The molecule has 1 aliphatic rings. The van der Waals surface area contributed by atoms with Crippen LogP contribution in [0.1, 0.15) is 46.3 Å². The number of piperidine rings is 1. The lowest BCUT2D eigenvalue weighted by molar-refractivity contribution is 0.112. The lowest BCUT2D eigenvalue weighted by Gasteiger charge is -2.27. The van der Waals surface area contributed by atoms with Crippen molar-refractivity contribution in [3.8, 4) is 0 Å². The molecule has 152 valence electrons. The van der Waals surface area contributed by atoms with Gasteiger partial charge in [-0.2, -0.15) is 0 Å². The summed E-state index contributed by atoms with van der Waals surface area (Å²) in [6, 6.07) is 11.1. The predicted octanol–water partition coefficient (Wildman–Crippen LogP) is 4.38. The summed E-state index contributed by atoms with van der Waals surface area (Å²) in [7, 11) is 3.72. The van der Waals surface area contributed by atoms with Crippen molar-refractivity contribution < 1.29 is 9.18 Å². The number of nitrogens with one attached hydrogen (secondary N) is 2. The van der Waals surface area contributed by atoms with Gasteiger partial charge in [0.2, 0.25) is 0 Å². The van der Waals surface area contributed by atoms with Crippen molar-refractivity contribution >= 4 is 12.0 Å². The van der Waals surface area contributed by atoms with E-state index in [0.717, 1.165) is 30.6 Å². The summed E-state index contributed by atoms with van der Waals surface area (Å²) in [6.45, 7) is 5.95. The molecule has 3 rings (SSSR count). The van der Waals surface area contributed by atoms with Gasteiger partial charge in [-0.05, 0) is 74.8 Å². The molecule has 0 atom stereocenters. The van der Waals surface area contributed by atoms with Gasteiger partial charge in [-0.15, -0.1) is 0 Å². The molecule has 5 heteroatoms. The summed E-state index contributed by atoms with van der Waals surface area (Å²) in [5.41, 5.74) is 4.86. The Kier molecular flexibility index (Phi) is 9.11. The fraction of sp³-hybridized carbons (Fsp3) is 0.435. The quantitative estimate of drug-likeness (QED) is 0.725. The monoisotopic (exact) mass is 385 g/mol. The second kappa shape index (κ2) is 11.6. The molecule has 0 spiro atoms. The molecule has 2 aromatic carbocycles. The van der Waals surface area contributed by atoms with Crippen LogP contribution in [0.2, 0.25) is 0 Å². The molecule has 2 aromatic rings. The molecule has 2 N–H and O–H groups in total. The van der Waals surface area contributed by atoms with Crippen molar-refractivity contribution in [3.05, 3.63) is 64.5 Å². The zero-order valence-electron chi connectivity index (χ0n) is 17.2. The van der Waals surface area contributed by atoms with E-state index in [0.29, 0.717) is 5.56 Å². The van der Waals surface area contributed by atoms with E-state index in [1.54, 1.807) is 20.0 Å². The molecule has 1 saturated heterocycles. The van der Waals surface area contributed by atoms with E-state index in [1.807, 2.05) is 25.2 Å². The van der Waals surface area contributed by atoms with Gasteiger partial charge in [-0.1, -0.05) is 24.6 Å². The molecule has 0 aliphatic carbocycles. The summed E-state index contributed by atoms with van der Waals surface area (Å²) >= 11 is 0. The van der Waals surface area contributed by atoms with Gasteiger partial charge >= 0.3 is 0 Å². The van der Waals surface area contributed by atoms with Crippen LogP contribution in [0.3, 0.4) is 0 Å². The van der Waals surface area contributed by atoms with E-state index in [4.69, 9.17) is 0 Å². The zero-order chi connectivity index (χ0) is 20.4. The van der Waals surface area contributed by atoms with Crippen LogP contribution in [0.15, 0.2) is 36.4 Å². The highest BCUT2D eigenvalue weighted by Gasteiger charge is 2.12. The standard InChI is InChI=1S/C15H22N2O.C8H10FN/c1-16-10-14-6-5-13(12-18)9-15(14)11-17-7-3-2-4-8-17;1-6-3-4-7(10-2)5-8(6)9/h5-6,9,12,16H,2-4,7-8,10-11H2,1H3;3-5,10H,1-2H3. The molecule has 1 heterocycles. The van der Waals surface area contributed by atoms with Gasteiger partial charge in [0, 0.05) is 31.4 Å². The number of benzene rings is 2. The number of carbonyl (C=O) groups excluding carboxylic acids is 1. The first-order valence-electron chi connectivity index (χ1n) is 9.95. The predicted molar refractivity (Wildman–Crippen MR) is 114 cm³/mol. The largest absolute Gasteiger partial charge is 0.388 e. The summed E-state index contributed by atoms with van der Waals surface area (Å²) < 4.78 is 12.7. The number of carbonyl (C=O) groups is 1. The number of nitrogens with zero attached hydrogens (tertiary/aromatic N) is 1. The molecule has 0 unspecified atom stereocenters. The van der Waals surface area contributed by atoms with Gasteiger partial charge in [0.05, 0.1) is 0 Å². The highest BCUT2D eigenvalue weighted by molar-refractivity contribution is 5.75. The van der Waals surface area contributed by atoms with E-state index in [-0.39, 0.29) is 5.82 Å². The first-order valence-corrected chi connectivity index (χ1v) is 9.95. The molecule has 1 aliphatic heterocycles. The summed E-state index contributed by atoms with van der Waals surface area (Å²) in [6.07, 6.45) is 4.89. The summed E-state index contributed by atoms with van der Waals surface area (Å²) in [5, 5.41) is 6.05. The van der Waals surface area contributed by atoms with Crippen LogP contribution in [0.5, 0.6) is 0 Å². The van der Waals surface area contributed by atoms with Gasteiger partial charge in [0.25, 0.3) is 0 Å². The van der Waals surface area contributed by atoms with Crippen LogP contribution in [0.25, 0.3) is 0 Å². The molecule has 0 bridgehead atoms. The Morgan fingerprint density at radius 2 is 1.79 bits per heavy atom. The maximum atomic E-state index is 12.7. The Morgan fingerprint density at radius 1 is 1.04 bits per heavy atom. The Morgan fingerprint density at radius 3 is 2.39 bits per heavy atom.